The first-order valence-corrected chi connectivity index (χ1v) is 9.40. The van der Waals surface area contributed by atoms with Gasteiger partial charge in [-0.05, 0) is 56.8 Å². The third-order valence-electron chi connectivity index (χ3n) is 4.83. The number of halogens is 1. The van der Waals surface area contributed by atoms with Crippen molar-refractivity contribution in [3.63, 3.8) is 0 Å². The van der Waals surface area contributed by atoms with E-state index in [-0.39, 0.29) is 11.9 Å². The molecule has 2 aliphatic rings. The molecule has 1 unspecified atom stereocenters. The van der Waals surface area contributed by atoms with Crippen LogP contribution in [0.4, 0.5) is 0 Å². The monoisotopic (exact) mass is 388 g/mol. The highest BCUT2D eigenvalue weighted by Gasteiger charge is 2.28. The normalized spacial score (nSPS) is 20.0. The summed E-state index contributed by atoms with van der Waals surface area (Å²) in [6.45, 7) is 1.89. The number of rotatable bonds is 3. The number of carbonyl (C=O) groups is 1. The van der Waals surface area contributed by atoms with Crippen LogP contribution in [0.5, 0.6) is 0 Å². The lowest BCUT2D eigenvalue weighted by atomic mass is 10.1. The molecule has 2 aromatic rings. The SMILES string of the molecule is O=C(NC1CCCNC1)c1nn(-c2cccc(Br)c2)c2c1CCC2. The van der Waals surface area contributed by atoms with Gasteiger partial charge >= 0.3 is 0 Å². The summed E-state index contributed by atoms with van der Waals surface area (Å²) in [6, 6.07) is 8.27. The summed E-state index contributed by atoms with van der Waals surface area (Å²) in [6.07, 6.45) is 5.15. The number of carbonyl (C=O) groups excluding carboxylic acids is 1. The maximum atomic E-state index is 12.8. The number of hydrogen-bond donors (Lipinski definition) is 2. The number of fused-ring (bicyclic) bond motifs is 1. The van der Waals surface area contributed by atoms with Crippen molar-refractivity contribution in [2.24, 2.45) is 0 Å². The van der Waals surface area contributed by atoms with Crippen molar-refractivity contribution in [1.82, 2.24) is 20.4 Å². The van der Waals surface area contributed by atoms with Crippen molar-refractivity contribution in [1.29, 1.82) is 0 Å². The number of nitrogens with one attached hydrogen (secondary N) is 2. The summed E-state index contributed by atoms with van der Waals surface area (Å²) < 4.78 is 2.96. The second-order valence-corrected chi connectivity index (χ2v) is 7.45. The molecule has 0 radical (unpaired) electrons. The number of benzene rings is 1. The van der Waals surface area contributed by atoms with E-state index >= 15 is 0 Å². The molecule has 1 aliphatic carbocycles. The minimum Gasteiger partial charge on any atom is -0.347 e. The Morgan fingerprint density at radius 2 is 2.25 bits per heavy atom. The third-order valence-corrected chi connectivity index (χ3v) is 5.32. The second kappa shape index (κ2) is 6.69. The molecule has 5 nitrogen and oxygen atoms in total. The second-order valence-electron chi connectivity index (χ2n) is 6.54. The molecule has 126 valence electrons. The number of aromatic nitrogens is 2. The van der Waals surface area contributed by atoms with Crippen LogP contribution in [0.2, 0.25) is 0 Å². The van der Waals surface area contributed by atoms with Crippen molar-refractivity contribution in [2.75, 3.05) is 13.1 Å². The van der Waals surface area contributed by atoms with Gasteiger partial charge in [0.15, 0.2) is 5.69 Å². The predicted octanol–water partition coefficient (Wildman–Crippen LogP) is 2.61. The molecular formula is C18H21BrN4O. The van der Waals surface area contributed by atoms with Gasteiger partial charge in [0, 0.05) is 28.3 Å². The largest absolute Gasteiger partial charge is 0.347 e. The minimum absolute atomic E-state index is 0.0319. The third kappa shape index (κ3) is 3.00. The van der Waals surface area contributed by atoms with E-state index in [1.165, 1.54) is 5.69 Å². The van der Waals surface area contributed by atoms with Gasteiger partial charge in [0.2, 0.25) is 0 Å². The first-order valence-electron chi connectivity index (χ1n) is 8.60. The van der Waals surface area contributed by atoms with Crippen molar-refractivity contribution in [3.05, 3.63) is 45.7 Å². The number of piperidine rings is 1. The fraction of sp³-hybridized carbons (Fsp3) is 0.444. The topological polar surface area (TPSA) is 59.0 Å². The van der Waals surface area contributed by atoms with Crippen LogP contribution in [0, 0.1) is 0 Å². The number of nitrogens with zero attached hydrogens (tertiary/aromatic N) is 2. The van der Waals surface area contributed by atoms with Crippen LogP contribution in [-0.4, -0.2) is 34.8 Å². The summed E-state index contributed by atoms with van der Waals surface area (Å²) in [5.74, 6) is -0.0319. The van der Waals surface area contributed by atoms with E-state index in [0.29, 0.717) is 5.69 Å². The smallest absolute Gasteiger partial charge is 0.272 e. The van der Waals surface area contributed by atoms with Gasteiger partial charge in [0.1, 0.15) is 0 Å². The Kier molecular flexibility index (Phi) is 4.41. The first kappa shape index (κ1) is 15.8. The Hall–Kier alpha value is -1.66. The van der Waals surface area contributed by atoms with Gasteiger partial charge in [0.25, 0.3) is 5.91 Å². The molecule has 0 spiro atoms. The summed E-state index contributed by atoms with van der Waals surface area (Å²) in [5, 5.41) is 11.2. The molecule has 2 heterocycles. The zero-order chi connectivity index (χ0) is 16.5. The van der Waals surface area contributed by atoms with Crippen molar-refractivity contribution in [3.8, 4) is 5.69 Å². The first-order chi connectivity index (χ1) is 11.7. The lowest BCUT2D eigenvalue weighted by Gasteiger charge is -2.23. The van der Waals surface area contributed by atoms with E-state index in [2.05, 4.69) is 31.7 Å². The molecule has 1 aromatic carbocycles. The Morgan fingerprint density at radius 3 is 3.04 bits per heavy atom. The van der Waals surface area contributed by atoms with E-state index in [1.807, 2.05) is 28.9 Å². The minimum atomic E-state index is -0.0319. The average Bonchev–Trinajstić information content (AvgIpc) is 3.18. The highest BCUT2D eigenvalue weighted by Crippen LogP contribution is 2.28. The predicted molar refractivity (Wildman–Crippen MR) is 96.6 cm³/mol. The quantitative estimate of drug-likeness (QED) is 0.849. The summed E-state index contributed by atoms with van der Waals surface area (Å²) in [5.41, 5.74) is 3.91. The maximum absolute atomic E-state index is 12.8. The van der Waals surface area contributed by atoms with Crippen molar-refractivity contribution >= 4 is 21.8 Å². The standard InChI is InChI=1S/C18H21BrN4O/c19-12-4-1-6-14(10-12)23-16-8-2-7-15(16)17(22-23)18(24)21-13-5-3-9-20-11-13/h1,4,6,10,13,20H,2-3,5,7-9,11H2,(H,21,24). The van der Waals surface area contributed by atoms with E-state index in [9.17, 15) is 4.79 Å². The van der Waals surface area contributed by atoms with E-state index < -0.39 is 0 Å². The number of amides is 1. The maximum Gasteiger partial charge on any atom is 0.272 e. The molecule has 24 heavy (non-hydrogen) atoms. The molecule has 2 N–H and O–H groups in total. The van der Waals surface area contributed by atoms with Gasteiger partial charge in [-0.25, -0.2) is 4.68 Å². The van der Waals surface area contributed by atoms with E-state index in [1.54, 1.807) is 0 Å². The molecule has 1 saturated heterocycles. The van der Waals surface area contributed by atoms with Gasteiger partial charge in [-0.3, -0.25) is 4.79 Å². The molecular weight excluding hydrogens is 368 g/mol. The lowest BCUT2D eigenvalue weighted by Crippen LogP contribution is -2.45. The van der Waals surface area contributed by atoms with Crippen LogP contribution < -0.4 is 10.6 Å². The molecule has 1 atom stereocenters. The number of hydrogen-bond acceptors (Lipinski definition) is 3. The highest BCUT2D eigenvalue weighted by molar-refractivity contribution is 9.10. The Morgan fingerprint density at radius 1 is 1.33 bits per heavy atom. The molecule has 4 rings (SSSR count). The highest BCUT2D eigenvalue weighted by atomic mass is 79.9. The Bertz CT molecular complexity index is 764. The zero-order valence-corrected chi connectivity index (χ0v) is 15.1. The van der Waals surface area contributed by atoms with E-state index in [4.69, 9.17) is 0 Å². The Balaban J connectivity index is 1.64. The van der Waals surface area contributed by atoms with Crippen LogP contribution in [0.25, 0.3) is 5.69 Å². The van der Waals surface area contributed by atoms with E-state index in [0.717, 1.165) is 60.9 Å². The summed E-state index contributed by atoms with van der Waals surface area (Å²) >= 11 is 3.51. The van der Waals surface area contributed by atoms with Crippen LogP contribution in [-0.2, 0) is 12.8 Å². The zero-order valence-electron chi connectivity index (χ0n) is 13.5. The summed E-state index contributed by atoms with van der Waals surface area (Å²) in [4.78, 5) is 12.8. The molecule has 1 aromatic heterocycles. The molecule has 1 fully saturated rings. The van der Waals surface area contributed by atoms with Gasteiger partial charge in [-0.15, -0.1) is 0 Å². The lowest BCUT2D eigenvalue weighted by molar-refractivity contribution is 0.0924. The fourth-order valence-electron chi connectivity index (χ4n) is 3.67. The Labute approximate surface area is 149 Å². The van der Waals surface area contributed by atoms with Crippen LogP contribution in [0.3, 0.4) is 0 Å². The van der Waals surface area contributed by atoms with Gasteiger partial charge in [0.05, 0.1) is 5.69 Å². The molecule has 1 aliphatic heterocycles. The average molecular weight is 389 g/mol. The molecule has 6 heteroatoms. The molecule has 0 bridgehead atoms. The van der Waals surface area contributed by atoms with Gasteiger partial charge in [-0.1, -0.05) is 22.0 Å². The van der Waals surface area contributed by atoms with Crippen LogP contribution in [0.1, 0.15) is 41.0 Å². The molecule has 0 saturated carbocycles. The fourth-order valence-corrected chi connectivity index (χ4v) is 4.06. The summed E-state index contributed by atoms with van der Waals surface area (Å²) in [7, 11) is 0. The van der Waals surface area contributed by atoms with Gasteiger partial charge in [-0.2, -0.15) is 5.10 Å². The van der Waals surface area contributed by atoms with Crippen LogP contribution in [0.15, 0.2) is 28.7 Å². The van der Waals surface area contributed by atoms with Gasteiger partial charge < -0.3 is 10.6 Å². The van der Waals surface area contributed by atoms with Crippen molar-refractivity contribution in [2.45, 2.75) is 38.1 Å². The van der Waals surface area contributed by atoms with Crippen LogP contribution >= 0.6 is 15.9 Å². The molecule has 1 amide bonds. The van der Waals surface area contributed by atoms with Crippen molar-refractivity contribution < 1.29 is 4.79 Å².